The number of methoxy groups -OCH3 is 1. The van der Waals surface area contributed by atoms with Gasteiger partial charge < -0.3 is 18.5 Å². The summed E-state index contributed by atoms with van der Waals surface area (Å²) < 4.78 is 17.9. The van der Waals surface area contributed by atoms with Crippen LogP contribution in [-0.2, 0) is 17.0 Å². The minimum absolute atomic E-state index is 0.191. The van der Waals surface area contributed by atoms with Crippen molar-refractivity contribution < 1.29 is 18.7 Å². The number of carbonyl (C=O) groups is 1. The quantitative estimate of drug-likeness (QED) is 0.426. The maximum absolute atomic E-state index is 11.5. The number of carbonyl (C=O) groups excluding carboxylic acids is 1. The number of thioether (sulfide) groups is 1. The minimum atomic E-state index is -0.488. The lowest BCUT2D eigenvalue weighted by Gasteiger charge is -2.11. The van der Waals surface area contributed by atoms with E-state index < -0.39 is 5.97 Å². The second-order valence-corrected chi connectivity index (χ2v) is 6.47. The van der Waals surface area contributed by atoms with Gasteiger partial charge in [0.25, 0.3) is 0 Å². The Morgan fingerprint density at radius 1 is 1.19 bits per heavy atom. The molecule has 8 heteroatoms. The third-order valence-electron chi connectivity index (χ3n) is 3.85. The Labute approximate surface area is 161 Å². The van der Waals surface area contributed by atoms with Gasteiger partial charge in [-0.3, -0.25) is 0 Å². The van der Waals surface area contributed by atoms with Gasteiger partial charge in [-0.05, 0) is 38.1 Å². The molecule has 0 bridgehead atoms. The Bertz CT molecular complexity index is 919. The lowest BCUT2D eigenvalue weighted by atomic mass is 10.2. The zero-order chi connectivity index (χ0) is 19.2. The van der Waals surface area contributed by atoms with Gasteiger partial charge in [0.2, 0.25) is 5.76 Å². The molecule has 0 radical (unpaired) electrons. The van der Waals surface area contributed by atoms with Crippen molar-refractivity contribution in [2.45, 2.75) is 31.3 Å². The second kappa shape index (κ2) is 8.77. The van der Waals surface area contributed by atoms with Crippen LogP contribution in [0.15, 0.2) is 46.0 Å². The van der Waals surface area contributed by atoms with E-state index in [1.54, 1.807) is 12.1 Å². The van der Waals surface area contributed by atoms with Crippen molar-refractivity contribution in [3.05, 3.63) is 47.9 Å². The van der Waals surface area contributed by atoms with Crippen LogP contribution in [0.25, 0.3) is 11.4 Å². The Morgan fingerprint density at radius 2 is 2.00 bits per heavy atom. The first-order valence-electron chi connectivity index (χ1n) is 8.63. The predicted octanol–water partition coefficient (Wildman–Crippen LogP) is 4.04. The van der Waals surface area contributed by atoms with Crippen LogP contribution in [0.3, 0.4) is 0 Å². The van der Waals surface area contributed by atoms with E-state index in [1.807, 2.05) is 42.7 Å². The number of esters is 1. The fourth-order valence-corrected chi connectivity index (χ4v) is 3.51. The van der Waals surface area contributed by atoms with E-state index in [0.717, 1.165) is 28.8 Å². The third kappa shape index (κ3) is 4.16. The number of benzene rings is 1. The highest BCUT2D eigenvalue weighted by molar-refractivity contribution is 7.98. The van der Waals surface area contributed by atoms with Gasteiger partial charge in [0, 0.05) is 6.54 Å². The first-order chi connectivity index (χ1) is 13.2. The van der Waals surface area contributed by atoms with Gasteiger partial charge in [0.05, 0.1) is 25.0 Å². The average Bonchev–Trinajstić information content (AvgIpc) is 3.33. The summed E-state index contributed by atoms with van der Waals surface area (Å²) in [5, 5.41) is 9.46. The molecular formula is C19H21N3O4S. The van der Waals surface area contributed by atoms with Gasteiger partial charge in [-0.25, -0.2) is 4.79 Å². The van der Waals surface area contributed by atoms with Crippen LogP contribution in [0.1, 0.15) is 30.2 Å². The Hall–Kier alpha value is -2.74. The van der Waals surface area contributed by atoms with Crippen molar-refractivity contribution >= 4 is 17.7 Å². The van der Waals surface area contributed by atoms with Crippen molar-refractivity contribution in [2.24, 2.45) is 0 Å². The zero-order valence-electron chi connectivity index (χ0n) is 15.5. The normalized spacial score (nSPS) is 10.8. The zero-order valence-corrected chi connectivity index (χ0v) is 16.3. The molecule has 0 spiro atoms. The number of hydrogen-bond acceptors (Lipinski definition) is 7. The van der Waals surface area contributed by atoms with Gasteiger partial charge >= 0.3 is 5.97 Å². The largest absolute Gasteiger partial charge is 0.493 e. The van der Waals surface area contributed by atoms with Gasteiger partial charge in [-0.1, -0.05) is 23.9 Å². The molecule has 1 aromatic carbocycles. The number of ether oxygens (including phenoxy) is 2. The van der Waals surface area contributed by atoms with Crippen molar-refractivity contribution in [1.82, 2.24) is 14.8 Å². The third-order valence-corrected chi connectivity index (χ3v) is 4.84. The number of para-hydroxylation sites is 1. The first-order valence-corrected chi connectivity index (χ1v) is 9.61. The van der Waals surface area contributed by atoms with E-state index in [4.69, 9.17) is 9.15 Å². The fourth-order valence-electron chi connectivity index (χ4n) is 2.61. The molecule has 0 amide bonds. The molecule has 2 aromatic heterocycles. The topological polar surface area (TPSA) is 79.4 Å². The molecular weight excluding hydrogens is 366 g/mol. The van der Waals surface area contributed by atoms with E-state index in [9.17, 15) is 4.79 Å². The van der Waals surface area contributed by atoms with Crippen LogP contribution < -0.4 is 4.74 Å². The highest BCUT2D eigenvalue weighted by Gasteiger charge is 2.18. The van der Waals surface area contributed by atoms with Gasteiger partial charge in [0.1, 0.15) is 11.5 Å². The fraction of sp³-hybridized carbons (Fsp3) is 0.316. The lowest BCUT2D eigenvalue weighted by Crippen LogP contribution is -2.02. The number of hydrogen-bond donors (Lipinski definition) is 0. The van der Waals surface area contributed by atoms with E-state index >= 15 is 0 Å². The second-order valence-electron chi connectivity index (χ2n) is 5.53. The summed E-state index contributed by atoms with van der Waals surface area (Å²) >= 11 is 1.49. The molecule has 0 saturated carbocycles. The molecule has 0 fully saturated rings. The lowest BCUT2D eigenvalue weighted by molar-refractivity contribution is 0.0563. The van der Waals surface area contributed by atoms with Crippen LogP contribution in [0.4, 0.5) is 0 Å². The van der Waals surface area contributed by atoms with E-state index in [-0.39, 0.29) is 5.76 Å². The average molecular weight is 387 g/mol. The first kappa shape index (κ1) is 19.0. The van der Waals surface area contributed by atoms with E-state index in [0.29, 0.717) is 18.1 Å². The van der Waals surface area contributed by atoms with Crippen molar-refractivity contribution in [2.75, 3.05) is 13.7 Å². The number of nitrogens with zero attached hydrogens (tertiary/aromatic N) is 3. The maximum atomic E-state index is 11.5. The number of rotatable bonds is 8. The minimum Gasteiger partial charge on any atom is -0.493 e. The SMILES string of the molecule is CCOc1ccccc1-c1nnc(SCc2ccc(C(=O)OC)o2)n1CC. The molecule has 0 N–H and O–H groups in total. The molecule has 3 rings (SSSR count). The van der Waals surface area contributed by atoms with Crippen LogP contribution >= 0.6 is 11.8 Å². The van der Waals surface area contributed by atoms with Crippen LogP contribution in [0, 0.1) is 0 Å². The summed E-state index contributed by atoms with van der Waals surface area (Å²) in [6.07, 6.45) is 0. The Balaban J connectivity index is 1.80. The van der Waals surface area contributed by atoms with Gasteiger partial charge in [-0.15, -0.1) is 10.2 Å². The van der Waals surface area contributed by atoms with Crippen molar-refractivity contribution in [1.29, 1.82) is 0 Å². The number of furan rings is 1. The molecule has 0 unspecified atom stereocenters. The van der Waals surface area contributed by atoms with E-state index in [1.165, 1.54) is 18.9 Å². The predicted molar refractivity (Wildman–Crippen MR) is 102 cm³/mol. The molecule has 27 heavy (non-hydrogen) atoms. The van der Waals surface area contributed by atoms with Crippen LogP contribution in [0.5, 0.6) is 5.75 Å². The Morgan fingerprint density at radius 3 is 2.74 bits per heavy atom. The summed E-state index contributed by atoms with van der Waals surface area (Å²) in [5.74, 6) is 2.45. The Kier molecular flexibility index (Phi) is 6.18. The monoisotopic (exact) mass is 387 g/mol. The van der Waals surface area contributed by atoms with Crippen molar-refractivity contribution in [3.63, 3.8) is 0 Å². The summed E-state index contributed by atoms with van der Waals surface area (Å²) in [6.45, 7) is 5.30. The molecule has 0 saturated heterocycles. The van der Waals surface area contributed by atoms with Crippen LogP contribution in [0.2, 0.25) is 0 Å². The summed E-state index contributed by atoms with van der Waals surface area (Å²) in [4.78, 5) is 11.5. The standard InChI is InChI=1S/C19H21N3O4S/c1-4-22-17(14-8-6-7-9-15(14)25-5-2)20-21-19(22)27-12-13-10-11-16(26-13)18(23)24-3/h6-11H,4-5,12H2,1-3H3. The molecule has 3 aromatic rings. The van der Waals surface area contributed by atoms with Crippen LogP contribution in [-0.4, -0.2) is 34.5 Å². The van der Waals surface area contributed by atoms with Crippen molar-refractivity contribution in [3.8, 4) is 17.1 Å². The molecule has 0 aliphatic heterocycles. The van der Waals surface area contributed by atoms with Gasteiger partial charge in [0.15, 0.2) is 11.0 Å². The van der Waals surface area contributed by atoms with E-state index in [2.05, 4.69) is 14.9 Å². The highest BCUT2D eigenvalue weighted by atomic mass is 32.2. The molecule has 0 atom stereocenters. The molecule has 2 heterocycles. The maximum Gasteiger partial charge on any atom is 0.373 e. The molecule has 0 aliphatic rings. The molecule has 142 valence electrons. The summed E-state index contributed by atoms with van der Waals surface area (Å²) in [7, 11) is 1.32. The smallest absolute Gasteiger partial charge is 0.373 e. The van der Waals surface area contributed by atoms with Gasteiger partial charge in [-0.2, -0.15) is 0 Å². The molecule has 7 nitrogen and oxygen atoms in total. The number of aromatic nitrogens is 3. The highest BCUT2D eigenvalue weighted by Crippen LogP contribution is 2.32. The summed E-state index contributed by atoms with van der Waals surface area (Å²) in [6, 6.07) is 11.2. The molecule has 0 aliphatic carbocycles. The summed E-state index contributed by atoms with van der Waals surface area (Å²) in [5.41, 5.74) is 0.909.